The predicted molar refractivity (Wildman–Crippen MR) is 218 cm³/mol. The standard InChI is InChI=1S/C46H50N2OSi/c1-7-35-11-21-40(22-12-35)47(41-23-13-36(8-2)14-24-41)43-27-17-38(18-28-43)39-19-29-44(30-20-39)48(42-25-15-37(9-3)16-26-42)45-31-33-46(34-32-45)50(5,6)49-10-4/h11-34H,7-10H2,1-6H3. The molecule has 0 saturated heterocycles. The molecule has 0 aromatic heterocycles. The number of benzene rings is 6. The van der Waals surface area contributed by atoms with Gasteiger partial charge in [-0.2, -0.15) is 0 Å². The van der Waals surface area contributed by atoms with Gasteiger partial charge in [-0.15, -0.1) is 0 Å². The minimum absolute atomic E-state index is 0.740. The van der Waals surface area contributed by atoms with Gasteiger partial charge in [-0.05, 0) is 145 Å². The van der Waals surface area contributed by atoms with E-state index in [2.05, 4.69) is 196 Å². The number of aryl methyl sites for hydroxylation is 3. The first-order chi connectivity index (χ1) is 24.3. The Morgan fingerprint density at radius 2 is 0.640 bits per heavy atom. The molecule has 0 aliphatic heterocycles. The third-order valence-electron chi connectivity index (χ3n) is 9.72. The summed E-state index contributed by atoms with van der Waals surface area (Å²) >= 11 is 0. The normalized spacial score (nSPS) is 11.4. The summed E-state index contributed by atoms with van der Waals surface area (Å²) in [4.78, 5) is 4.69. The average Bonchev–Trinajstić information content (AvgIpc) is 3.17. The molecule has 4 heteroatoms. The van der Waals surface area contributed by atoms with E-state index in [4.69, 9.17) is 4.43 Å². The molecule has 254 valence electrons. The monoisotopic (exact) mass is 674 g/mol. The molecular formula is C46H50N2OSi. The fourth-order valence-corrected chi connectivity index (χ4v) is 8.46. The van der Waals surface area contributed by atoms with E-state index in [1.54, 1.807) is 0 Å². The van der Waals surface area contributed by atoms with Gasteiger partial charge in [0.2, 0.25) is 8.32 Å². The van der Waals surface area contributed by atoms with Crippen LogP contribution in [0.3, 0.4) is 0 Å². The van der Waals surface area contributed by atoms with E-state index in [1.807, 2.05) is 0 Å². The molecule has 6 aromatic rings. The molecule has 0 amide bonds. The van der Waals surface area contributed by atoms with Crippen molar-refractivity contribution in [3.05, 3.63) is 162 Å². The highest BCUT2D eigenvalue weighted by atomic mass is 28.4. The number of nitrogens with zero attached hydrogens (tertiary/aromatic N) is 2. The lowest BCUT2D eigenvalue weighted by atomic mass is 10.0. The highest BCUT2D eigenvalue weighted by Crippen LogP contribution is 2.38. The van der Waals surface area contributed by atoms with Crippen LogP contribution in [0.15, 0.2) is 146 Å². The Hall–Kier alpha value is -4.90. The lowest BCUT2D eigenvalue weighted by Gasteiger charge is -2.28. The van der Waals surface area contributed by atoms with Crippen molar-refractivity contribution < 1.29 is 4.43 Å². The van der Waals surface area contributed by atoms with E-state index >= 15 is 0 Å². The van der Waals surface area contributed by atoms with Gasteiger partial charge in [0.25, 0.3) is 0 Å². The summed E-state index contributed by atoms with van der Waals surface area (Å²) in [6, 6.07) is 53.7. The molecule has 3 nitrogen and oxygen atoms in total. The molecule has 0 spiro atoms. The van der Waals surface area contributed by atoms with Gasteiger partial charge in [0.1, 0.15) is 0 Å². The molecule has 6 rings (SSSR count). The Morgan fingerprint density at radius 1 is 0.380 bits per heavy atom. The molecular weight excluding hydrogens is 625 g/mol. The van der Waals surface area contributed by atoms with Crippen molar-refractivity contribution in [2.24, 2.45) is 0 Å². The Kier molecular flexibility index (Phi) is 11.0. The van der Waals surface area contributed by atoms with Crippen molar-refractivity contribution in [3.8, 4) is 11.1 Å². The van der Waals surface area contributed by atoms with Crippen LogP contribution < -0.4 is 15.0 Å². The lowest BCUT2D eigenvalue weighted by molar-refractivity contribution is 0.339. The fourth-order valence-electron chi connectivity index (χ4n) is 6.60. The fraction of sp³-hybridized carbons (Fsp3) is 0.217. The highest BCUT2D eigenvalue weighted by Gasteiger charge is 2.25. The minimum Gasteiger partial charge on any atom is -0.413 e. The van der Waals surface area contributed by atoms with Gasteiger partial charge in [0.05, 0.1) is 0 Å². The maximum Gasteiger partial charge on any atom is 0.218 e. The molecule has 0 aliphatic rings. The summed E-state index contributed by atoms with van der Waals surface area (Å²) < 4.78 is 6.17. The Bertz CT molecular complexity index is 1900. The van der Waals surface area contributed by atoms with Crippen molar-refractivity contribution in [3.63, 3.8) is 0 Å². The topological polar surface area (TPSA) is 15.7 Å². The van der Waals surface area contributed by atoms with Crippen molar-refractivity contribution in [2.75, 3.05) is 16.4 Å². The molecule has 0 radical (unpaired) electrons. The van der Waals surface area contributed by atoms with Crippen molar-refractivity contribution in [1.29, 1.82) is 0 Å². The summed E-state index contributed by atoms with van der Waals surface area (Å²) in [7, 11) is -1.93. The van der Waals surface area contributed by atoms with Gasteiger partial charge >= 0.3 is 0 Å². The summed E-state index contributed by atoms with van der Waals surface area (Å²) in [6.45, 7) is 14.0. The highest BCUT2D eigenvalue weighted by molar-refractivity contribution is 6.84. The number of hydrogen-bond donors (Lipinski definition) is 0. The first-order valence-electron chi connectivity index (χ1n) is 18.2. The number of anilines is 6. The van der Waals surface area contributed by atoms with Crippen molar-refractivity contribution >= 4 is 47.6 Å². The molecule has 0 atom stereocenters. The average molecular weight is 675 g/mol. The zero-order chi connectivity index (χ0) is 35.1. The SMILES string of the molecule is CCO[Si](C)(C)c1ccc(N(c2ccc(CC)cc2)c2ccc(-c3ccc(N(c4ccc(CC)cc4)c4ccc(CC)cc4)cc3)cc2)cc1. The predicted octanol–water partition coefficient (Wildman–Crippen LogP) is 12.4. The number of hydrogen-bond acceptors (Lipinski definition) is 3. The van der Waals surface area contributed by atoms with Crippen LogP contribution in [-0.4, -0.2) is 14.9 Å². The van der Waals surface area contributed by atoms with E-state index in [1.165, 1.54) is 33.0 Å². The van der Waals surface area contributed by atoms with E-state index in [0.717, 1.165) is 60.0 Å². The Balaban J connectivity index is 1.31. The van der Waals surface area contributed by atoms with Crippen LogP contribution in [0.2, 0.25) is 13.1 Å². The first-order valence-corrected chi connectivity index (χ1v) is 21.1. The lowest BCUT2D eigenvalue weighted by Crippen LogP contribution is -2.44. The van der Waals surface area contributed by atoms with Crippen LogP contribution in [0.1, 0.15) is 44.4 Å². The minimum atomic E-state index is -1.93. The van der Waals surface area contributed by atoms with Crippen LogP contribution in [0, 0.1) is 0 Å². The second-order valence-corrected chi connectivity index (χ2v) is 17.2. The van der Waals surface area contributed by atoms with Gasteiger partial charge in [0, 0.05) is 40.7 Å². The molecule has 0 unspecified atom stereocenters. The quantitative estimate of drug-likeness (QED) is 0.113. The van der Waals surface area contributed by atoms with Crippen LogP contribution in [-0.2, 0) is 23.7 Å². The largest absolute Gasteiger partial charge is 0.413 e. The van der Waals surface area contributed by atoms with Gasteiger partial charge in [-0.1, -0.05) is 93.6 Å². The third-order valence-corrected chi connectivity index (χ3v) is 12.5. The summed E-state index contributed by atoms with van der Waals surface area (Å²) in [5.74, 6) is 0. The Morgan fingerprint density at radius 3 is 0.900 bits per heavy atom. The van der Waals surface area contributed by atoms with Crippen LogP contribution in [0.25, 0.3) is 11.1 Å². The van der Waals surface area contributed by atoms with E-state index in [0.29, 0.717) is 0 Å². The number of rotatable bonds is 13. The zero-order valence-corrected chi connectivity index (χ0v) is 31.5. The summed E-state index contributed by atoms with van der Waals surface area (Å²) in [5.41, 5.74) is 13.3. The zero-order valence-electron chi connectivity index (χ0n) is 30.5. The second kappa shape index (κ2) is 15.8. The first kappa shape index (κ1) is 34.9. The molecule has 0 aliphatic carbocycles. The van der Waals surface area contributed by atoms with Gasteiger partial charge in [-0.25, -0.2) is 0 Å². The molecule has 0 bridgehead atoms. The third kappa shape index (κ3) is 7.78. The van der Waals surface area contributed by atoms with E-state index in [-0.39, 0.29) is 0 Å². The second-order valence-electron chi connectivity index (χ2n) is 13.3. The maximum atomic E-state index is 6.17. The summed E-state index contributed by atoms with van der Waals surface area (Å²) in [5, 5.41) is 1.30. The van der Waals surface area contributed by atoms with Crippen LogP contribution in [0.4, 0.5) is 34.1 Å². The Labute approximate surface area is 301 Å². The van der Waals surface area contributed by atoms with Gasteiger partial charge in [-0.3, -0.25) is 0 Å². The smallest absolute Gasteiger partial charge is 0.218 e. The molecule has 50 heavy (non-hydrogen) atoms. The van der Waals surface area contributed by atoms with Gasteiger partial charge in [0.15, 0.2) is 0 Å². The van der Waals surface area contributed by atoms with Crippen molar-refractivity contribution in [1.82, 2.24) is 0 Å². The van der Waals surface area contributed by atoms with Crippen LogP contribution in [0.5, 0.6) is 0 Å². The van der Waals surface area contributed by atoms with Crippen molar-refractivity contribution in [2.45, 2.75) is 60.1 Å². The summed E-state index contributed by atoms with van der Waals surface area (Å²) in [6.07, 6.45) is 3.08. The van der Waals surface area contributed by atoms with E-state index < -0.39 is 8.32 Å². The molecule has 0 saturated carbocycles. The molecule has 0 heterocycles. The van der Waals surface area contributed by atoms with Gasteiger partial charge < -0.3 is 14.2 Å². The molecule has 0 N–H and O–H groups in total. The van der Waals surface area contributed by atoms with Crippen LogP contribution >= 0.6 is 0 Å². The molecule has 0 fully saturated rings. The molecule has 6 aromatic carbocycles. The van der Waals surface area contributed by atoms with E-state index in [9.17, 15) is 0 Å². The maximum absolute atomic E-state index is 6.17.